The van der Waals surface area contributed by atoms with Crippen LogP contribution in [0.15, 0.2) is 0 Å². The van der Waals surface area contributed by atoms with E-state index in [1.54, 1.807) is 11.8 Å². The molecule has 0 aromatic heterocycles. The summed E-state index contributed by atoms with van der Waals surface area (Å²) in [5.74, 6) is -2.08. The van der Waals surface area contributed by atoms with Crippen LogP contribution in [-0.2, 0) is 19.1 Å². The van der Waals surface area contributed by atoms with E-state index in [0.717, 1.165) is 0 Å². The Morgan fingerprint density at radius 1 is 1.37 bits per heavy atom. The van der Waals surface area contributed by atoms with Crippen LogP contribution in [0.4, 0.5) is 0 Å². The minimum Gasteiger partial charge on any atom is -0.481 e. The van der Waals surface area contributed by atoms with Crippen LogP contribution in [0.5, 0.6) is 0 Å². The molecule has 7 nitrogen and oxygen atoms in total. The first-order chi connectivity index (χ1) is 9.00. The number of carboxylic acid groups (broad SMARTS) is 1. The zero-order chi connectivity index (χ0) is 14.0. The molecule has 2 saturated heterocycles. The number of aliphatic carboxylic acids is 1. The Balaban J connectivity index is 1.98. The molecule has 2 amide bonds. The topological polar surface area (TPSA) is 87.2 Å². The van der Waals surface area contributed by atoms with Gasteiger partial charge in [-0.1, -0.05) is 0 Å². The molecule has 0 bridgehead atoms. The van der Waals surface area contributed by atoms with Gasteiger partial charge in [0.05, 0.1) is 19.1 Å². The monoisotopic (exact) mass is 270 g/mol. The van der Waals surface area contributed by atoms with Crippen molar-refractivity contribution in [3.8, 4) is 0 Å². The van der Waals surface area contributed by atoms with E-state index >= 15 is 0 Å². The zero-order valence-corrected chi connectivity index (χ0v) is 10.9. The molecule has 0 spiro atoms. The molecule has 2 rings (SSSR count). The van der Waals surface area contributed by atoms with E-state index in [4.69, 9.17) is 9.84 Å². The van der Waals surface area contributed by atoms with Gasteiger partial charge in [0.2, 0.25) is 11.8 Å². The summed E-state index contributed by atoms with van der Waals surface area (Å²) in [6.07, 6.45) is -0.0178. The van der Waals surface area contributed by atoms with Gasteiger partial charge in [-0.15, -0.1) is 0 Å². The van der Waals surface area contributed by atoms with E-state index in [-0.39, 0.29) is 24.8 Å². The Morgan fingerprint density at radius 2 is 2.00 bits per heavy atom. The first kappa shape index (κ1) is 13.8. The number of carbonyl (C=O) groups excluding carboxylic acids is 2. The second-order valence-corrected chi connectivity index (χ2v) is 4.90. The lowest BCUT2D eigenvalue weighted by Gasteiger charge is -2.32. The van der Waals surface area contributed by atoms with Gasteiger partial charge in [-0.3, -0.25) is 14.4 Å². The van der Waals surface area contributed by atoms with Crippen LogP contribution in [0.1, 0.15) is 13.3 Å². The summed E-state index contributed by atoms with van der Waals surface area (Å²) in [6, 6.07) is -0.602. The average molecular weight is 270 g/mol. The van der Waals surface area contributed by atoms with Crippen LogP contribution < -0.4 is 0 Å². The summed E-state index contributed by atoms with van der Waals surface area (Å²) in [5, 5.41) is 8.93. The lowest BCUT2D eigenvalue weighted by atomic mass is 10.1. The number of carboxylic acids is 1. The summed E-state index contributed by atoms with van der Waals surface area (Å²) in [5.41, 5.74) is 0. The Labute approximate surface area is 111 Å². The first-order valence-electron chi connectivity index (χ1n) is 6.39. The van der Waals surface area contributed by atoms with Gasteiger partial charge in [0.15, 0.2) is 0 Å². The van der Waals surface area contributed by atoms with E-state index in [9.17, 15) is 14.4 Å². The number of rotatable bonds is 3. The van der Waals surface area contributed by atoms with Crippen molar-refractivity contribution in [2.75, 3.05) is 32.8 Å². The minimum absolute atomic E-state index is 0.0178. The molecule has 0 aromatic rings. The SMILES string of the molecule is CC(C(=O)N1CCOCC1)N1CC(C(=O)O)CC1=O. The molecule has 19 heavy (non-hydrogen) atoms. The fourth-order valence-electron chi connectivity index (χ4n) is 2.45. The molecule has 0 radical (unpaired) electrons. The van der Waals surface area contributed by atoms with Crippen molar-refractivity contribution in [1.82, 2.24) is 9.80 Å². The number of morpholine rings is 1. The third-order valence-electron chi connectivity index (χ3n) is 3.66. The van der Waals surface area contributed by atoms with Gasteiger partial charge >= 0.3 is 5.97 Å². The molecule has 2 aliphatic heterocycles. The van der Waals surface area contributed by atoms with E-state index in [2.05, 4.69) is 0 Å². The second-order valence-electron chi connectivity index (χ2n) is 4.90. The molecule has 1 N–H and O–H groups in total. The summed E-state index contributed by atoms with van der Waals surface area (Å²) < 4.78 is 5.17. The quantitative estimate of drug-likeness (QED) is 0.723. The number of nitrogens with zero attached hydrogens (tertiary/aromatic N) is 2. The predicted molar refractivity (Wildman–Crippen MR) is 64.3 cm³/mol. The Kier molecular flexibility index (Phi) is 4.04. The van der Waals surface area contributed by atoms with Crippen LogP contribution in [0.2, 0.25) is 0 Å². The second kappa shape index (κ2) is 5.56. The zero-order valence-electron chi connectivity index (χ0n) is 10.9. The van der Waals surface area contributed by atoms with Gasteiger partial charge in [0.1, 0.15) is 6.04 Å². The third-order valence-corrected chi connectivity index (χ3v) is 3.66. The number of carbonyl (C=O) groups is 3. The molecule has 106 valence electrons. The highest BCUT2D eigenvalue weighted by molar-refractivity contribution is 5.91. The van der Waals surface area contributed by atoms with E-state index in [1.165, 1.54) is 4.90 Å². The fraction of sp³-hybridized carbons (Fsp3) is 0.750. The van der Waals surface area contributed by atoms with Crippen molar-refractivity contribution >= 4 is 17.8 Å². The van der Waals surface area contributed by atoms with E-state index < -0.39 is 17.9 Å². The molecule has 0 aromatic carbocycles. The number of hydrogen-bond donors (Lipinski definition) is 1. The molecule has 2 unspecified atom stereocenters. The summed E-state index contributed by atoms with van der Waals surface area (Å²) >= 11 is 0. The van der Waals surface area contributed by atoms with Gasteiger partial charge in [-0.2, -0.15) is 0 Å². The lowest BCUT2D eigenvalue weighted by Crippen LogP contribution is -2.51. The minimum atomic E-state index is -0.984. The molecule has 2 fully saturated rings. The summed E-state index contributed by atoms with van der Waals surface area (Å²) in [6.45, 7) is 3.82. The van der Waals surface area contributed by atoms with E-state index in [0.29, 0.717) is 26.3 Å². The number of hydrogen-bond acceptors (Lipinski definition) is 4. The van der Waals surface area contributed by atoms with Crippen LogP contribution in [0.3, 0.4) is 0 Å². The van der Waals surface area contributed by atoms with Gasteiger partial charge < -0.3 is 19.6 Å². The summed E-state index contributed by atoms with van der Waals surface area (Å²) in [7, 11) is 0. The third kappa shape index (κ3) is 2.86. The van der Waals surface area contributed by atoms with Crippen molar-refractivity contribution in [2.24, 2.45) is 5.92 Å². The highest BCUT2D eigenvalue weighted by Crippen LogP contribution is 2.21. The molecule has 0 aliphatic carbocycles. The van der Waals surface area contributed by atoms with Crippen LogP contribution >= 0.6 is 0 Å². The van der Waals surface area contributed by atoms with Gasteiger partial charge in [0.25, 0.3) is 0 Å². The van der Waals surface area contributed by atoms with Crippen molar-refractivity contribution < 1.29 is 24.2 Å². The fourth-order valence-corrected chi connectivity index (χ4v) is 2.45. The van der Waals surface area contributed by atoms with Crippen molar-refractivity contribution in [2.45, 2.75) is 19.4 Å². The predicted octanol–water partition coefficient (Wildman–Crippen LogP) is -0.833. The normalized spacial score (nSPS) is 25.5. The van der Waals surface area contributed by atoms with E-state index in [1.807, 2.05) is 0 Å². The standard InChI is InChI=1S/C12H18N2O5/c1-8(11(16)13-2-4-19-5-3-13)14-7-9(12(17)18)6-10(14)15/h8-9H,2-7H2,1H3,(H,17,18). The highest BCUT2D eigenvalue weighted by atomic mass is 16.5. The Bertz CT molecular complexity index is 392. The first-order valence-corrected chi connectivity index (χ1v) is 6.39. The highest BCUT2D eigenvalue weighted by Gasteiger charge is 2.39. The van der Waals surface area contributed by atoms with Crippen molar-refractivity contribution in [3.63, 3.8) is 0 Å². The number of likely N-dealkylation sites (tertiary alicyclic amines) is 1. The maximum atomic E-state index is 12.2. The van der Waals surface area contributed by atoms with Gasteiger partial charge in [0, 0.05) is 26.1 Å². The molecule has 0 saturated carbocycles. The Hall–Kier alpha value is -1.63. The average Bonchev–Trinajstić information content (AvgIpc) is 2.80. The maximum Gasteiger partial charge on any atom is 0.308 e. The molecule has 2 atom stereocenters. The molecule has 7 heteroatoms. The smallest absolute Gasteiger partial charge is 0.308 e. The van der Waals surface area contributed by atoms with Crippen LogP contribution in [0, 0.1) is 5.92 Å². The number of ether oxygens (including phenoxy) is 1. The maximum absolute atomic E-state index is 12.2. The lowest BCUT2D eigenvalue weighted by molar-refractivity contribution is -0.145. The van der Waals surface area contributed by atoms with Gasteiger partial charge in [-0.25, -0.2) is 0 Å². The van der Waals surface area contributed by atoms with Gasteiger partial charge in [-0.05, 0) is 6.92 Å². The van der Waals surface area contributed by atoms with Crippen molar-refractivity contribution in [3.05, 3.63) is 0 Å². The molecule has 2 aliphatic rings. The molecule has 2 heterocycles. The van der Waals surface area contributed by atoms with Crippen LogP contribution in [0.25, 0.3) is 0 Å². The van der Waals surface area contributed by atoms with Crippen molar-refractivity contribution in [1.29, 1.82) is 0 Å². The molecular formula is C12H18N2O5. The Morgan fingerprint density at radius 3 is 2.53 bits per heavy atom. The largest absolute Gasteiger partial charge is 0.481 e. The van der Waals surface area contributed by atoms with Crippen LogP contribution in [-0.4, -0.2) is 71.6 Å². The summed E-state index contributed by atoms with van der Waals surface area (Å²) in [4.78, 5) is 38.0. The molecular weight excluding hydrogens is 252 g/mol. The number of amides is 2.